The van der Waals surface area contributed by atoms with Crippen LogP contribution in [0.3, 0.4) is 0 Å². The fraction of sp³-hybridized carbons (Fsp3) is 0.500. The minimum Gasteiger partial charge on any atom is -0.337 e. The highest BCUT2D eigenvalue weighted by atomic mass is 16.2. The Bertz CT molecular complexity index is 927. The lowest BCUT2D eigenvalue weighted by Gasteiger charge is -2.29. The molecule has 3 aliphatic heterocycles. The first-order valence-corrected chi connectivity index (χ1v) is 10.5. The van der Waals surface area contributed by atoms with E-state index in [2.05, 4.69) is 23.2 Å². The van der Waals surface area contributed by atoms with Gasteiger partial charge in [-0.2, -0.15) is 0 Å². The SMILES string of the molecule is O=C(c1nc(C(=O)N2CCc3ccccc3C2)n2c1CCCC2)N1CCCC1. The van der Waals surface area contributed by atoms with Gasteiger partial charge >= 0.3 is 0 Å². The van der Waals surface area contributed by atoms with Gasteiger partial charge in [0.25, 0.3) is 11.8 Å². The molecular formula is C22H26N4O2. The van der Waals surface area contributed by atoms with Crippen LogP contribution in [0.2, 0.25) is 0 Å². The van der Waals surface area contributed by atoms with Crippen LogP contribution in [0.4, 0.5) is 0 Å². The predicted molar refractivity (Wildman–Crippen MR) is 105 cm³/mol. The summed E-state index contributed by atoms with van der Waals surface area (Å²) in [7, 11) is 0. The van der Waals surface area contributed by atoms with Crippen LogP contribution in [0.5, 0.6) is 0 Å². The van der Waals surface area contributed by atoms with Crippen molar-refractivity contribution in [1.82, 2.24) is 19.4 Å². The highest BCUT2D eigenvalue weighted by Crippen LogP contribution is 2.26. The monoisotopic (exact) mass is 378 g/mol. The van der Waals surface area contributed by atoms with Gasteiger partial charge in [-0.25, -0.2) is 4.98 Å². The molecule has 0 N–H and O–H groups in total. The molecule has 146 valence electrons. The number of hydrogen-bond donors (Lipinski definition) is 0. The number of imidazole rings is 1. The van der Waals surface area contributed by atoms with E-state index >= 15 is 0 Å². The van der Waals surface area contributed by atoms with E-state index in [-0.39, 0.29) is 11.8 Å². The summed E-state index contributed by atoms with van der Waals surface area (Å²) in [4.78, 5) is 34.8. The Morgan fingerprint density at radius 3 is 2.36 bits per heavy atom. The average molecular weight is 378 g/mol. The van der Waals surface area contributed by atoms with E-state index in [1.807, 2.05) is 20.4 Å². The lowest BCUT2D eigenvalue weighted by molar-refractivity contribution is 0.0716. The Labute approximate surface area is 165 Å². The van der Waals surface area contributed by atoms with Gasteiger partial charge in [-0.1, -0.05) is 24.3 Å². The topological polar surface area (TPSA) is 58.4 Å². The molecule has 1 aromatic carbocycles. The van der Waals surface area contributed by atoms with E-state index in [0.29, 0.717) is 24.6 Å². The molecule has 0 unspecified atom stereocenters. The summed E-state index contributed by atoms with van der Waals surface area (Å²) in [5.74, 6) is 0.418. The number of carbonyl (C=O) groups excluding carboxylic acids is 2. The summed E-state index contributed by atoms with van der Waals surface area (Å²) in [5.41, 5.74) is 4.01. The number of fused-ring (bicyclic) bond motifs is 2. The standard InChI is InChI=1S/C22H26N4O2/c27-21(24-11-5-6-12-24)19-18-9-3-4-13-26(18)20(23-19)22(28)25-14-10-16-7-1-2-8-17(16)15-25/h1-2,7-8H,3-6,9-15H2. The maximum absolute atomic E-state index is 13.4. The molecule has 0 spiro atoms. The molecule has 3 aliphatic rings. The summed E-state index contributed by atoms with van der Waals surface area (Å²) < 4.78 is 2.02. The number of nitrogens with zero attached hydrogens (tertiary/aromatic N) is 4. The van der Waals surface area contributed by atoms with E-state index in [1.54, 1.807) is 0 Å². The zero-order valence-electron chi connectivity index (χ0n) is 16.2. The third-order valence-electron chi connectivity index (χ3n) is 6.32. The summed E-state index contributed by atoms with van der Waals surface area (Å²) in [6.45, 7) is 3.70. The van der Waals surface area contributed by atoms with Crippen molar-refractivity contribution < 1.29 is 9.59 Å². The Kier molecular flexibility index (Phi) is 4.41. The number of benzene rings is 1. The van der Waals surface area contributed by atoms with Crippen molar-refractivity contribution in [1.29, 1.82) is 0 Å². The predicted octanol–water partition coefficient (Wildman–Crippen LogP) is 2.65. The van der Waals surface area contributed by atoms with Crippen LogP contribution in [0.15, 0.2) is 24.3 Å². The van der Waals surface area contributed by atoms with Crippen molar-refractivity contribution >= 4 is 11.8 Å². The van der Waals surface area contributed by atoms with Gasteiger partial charge in [-0.05, 0) is 49.7 Å². The van der Waals surface area contributed by atoms with Gasteiger partial charge in [-0.3, -0.25) is 9.59 Å². The van der Waals surface area contributed by atoms with E-state index < -0.39 is 0 Å². The van der Waals surface area contributed by atoms with E-state index in [1.165, 1.54) is 11.1 Å². The first-order chi connectivity index (χ1) is 13.7. The van der Waals surface area contributed by atoms with Crippen LogP contribution in [0, 0.1) is 0 Å². The lowest BCUT2D eigenvalue weighted by Crippen LogP contribution is -2.37. The molecule has 2 aromatic rings. The van der Waals surface area contributed by atoms with Crippen molar-refractivity contribution in [3.8, 4) is 0 Å². The summed E-state index contributed by atoms with van der Waals surface area (Å²) in [5, 5.41) is 0. The molecule has 2 amide bonds. The molecule has 0 atom stereocenters. The molecule has 1 fully saturated rings. The third kappa shape index (κ3) is 2.91. The molecule has 0 aliphatic carbocycles. The Morgan fingerprint density at radius 1 is 0.786 bits per heavy atom. The van der Waals surface area contributed by atoms with Crippen LogP contribution in [-0.4, -0.2) is 50.8 Å². The molecule has 4 heterocycles. The second-order valence-corrected chi connectivity index (χ2v) is 8.08. The van der Waals surface area contributed by atoms with Crippen molar-refractivity contribution in [3.63, 3.8) is 0 Å². The molecule has 1 saturated heterocycles. The van der Waals surface area contributed by atoms with Gasteiger partial charge in [0.2, 0.25) is 0 Å². The largest absolute Gasteiger partial charge is 0.337 e. The maximum atomic E-state index is 13.4. The van der Waals surface area contributed by atoms with Gasteiger partial charge in [0, 0.05) is 32.7 Å². The second kappa shape index (κ2) is 7.08. The summed E-state index contributed by atoms with van der Waals surface area (Å²) in [6.07, 6.45) is 5.90. The number of aromatic nitrogens is 2. The molecule has 6 heteroatoms. The zero-order chi connectivity index (χ0) is 19.1. The van der Waals surface area contributed by atoms with Crippen molar-refractivity contribution in [2.75, 3.05) is 19.6 Å². The van der Waals surface area contributed by atoms with E-state index in [9.17, 15) is 9.59 Å². The Hall–Kier alpha value is -2.63. The second-order valence-electron chi connectivity index (χ2n) is 8.08. The first kappa shape index (κ1) is 17.5. The van der Waals surface area contributed by atoms with Gasteiger partial charge in [0.1, 0.15) is 5.69 Å². The van der Waals surface area contributed by atoms with Gasteiger partial charge in [0.15, 0.2) is 5.82 Å². The van der Waals surface area contributed by atoms with Crippen LogP contribution in [0.25, 0.3) is 0 Å². The van der Waals surface area contributed by atoms with Crippen LogP contribution < -0.4 is 0 Å². The van der Waals surface area contributed by atoms with Crippen LogP contribution in [0.1, 0.15) is 63.6 Å². The number of carbonyl (C=O) groups is 2. The summed E-state index contributed by atoms with van der Waals surface area (Å²) in [6, 6.07) is 8.31. The average Bonchev–Trinajstić information content (AvgIpc) is 3.41. The Morgan fingerprint density at radius 2 is 1.54 bits per heavy atom. The van der Waals surface area contributed by atoms with Gasteiger partial charge in [0.05, 0.1) is 5.69 Å². The fourth-order valence-corrected chi connectivity index (χ4v) is 4.76. The number of amides is 2. The van der Waals surface area contributed by atoms with E-state index in [0.717, 1.165) is 63.9 Å². The number of hydrogen-bond acceptors (Lipinski definition) is 3. The molecule has 5 rings (SSSR count). The van der Waals surface area contributed by atoms with Gasteiger partial charge in [-0.15, -0.1) is 0 Å². The smallest absolute Gasteiger partial charge is 0.290 e. The van der Waals surface area contributed by atoms with E-state index in [4.69, 9.17) is 0 Å². The van der Waals surface area contributed by atoms with Crippen LogP contribution >= 0.6 is 0 Å². The number of rotatable bonds is 2. The first-order valence-electron chi connectivity index (χ1n) is 10.5. The zero-order valence-corrected chi connectivity index (χ0v) is 16.2. The molecular weight excluding hydrogens is 352 g/mol. The minimum absolute atomic E-state index is 0.00573. The molecule has 0 bridgehead atoms. The lowest BCUT2D eigenvalue weighted by atomic mass is 10.00. The summed E-state index contributed by atoms with van der Waals surface area (Å²) >= 11 is 0. The molecule has 0 radical (unpaired) electrons. The minimum atomic E-state index is -0.0434. The number of likely N-dealkylation sites (tertiary alicyclic amines) is 1. The highest BCUT2D eigenvalue weighted by Gasteiger charge is 2.33. The molecule has 0 saturated carbocycles. The van der Waals surface area contributed by atoms with Crippen LogP contribution in [-0.2, 0) is 25.9 Å². The molecule has 1 aromatic heterocycles. The fourth-order valence-electron chi connectivity index (χ4n) is 4.76. The van der Waals surface area contributed by atoms with Crippen molar-refractivity contribution in [2.24, 2.45) is 0 Å². The molecule has 6 nitrogen and oxygen atoms in total. The van der Waals surface area contributed by atoms with Gasteiger partial charge < -0.3 is 14.4 Å². The Balaban J connectivity index is 1.46. The highest BCUT2D eigenvalue weighted by molar-refractivity contribution is 5.97. The van der Waals surface area contributed by atoms with Crippen molar-refractivity contribution in [2.45, 2.75) is 51.6 Å². The maximum Gasteiger partial charge on any atom is 0.290 e. The van der Waals surface area contributed by atoms with Crippen molar-refractivity contribution in [3.05, 3.63) is 52.6 Å². The molecule has 28 heavy (non-hydrogen) atoms. The quantitative estimate of drug-likeness (QED) is 0.807. The normalized spacial score (nSPS) is 18.7. The third-order valence-corrected chi connectivity index (χ3v) is 6.32.